The van der Waals surface area contributed by atoms with E-state index in [4.69, 9.17) is 5.10 Å². The van der Waals surface area contributed by atoms with Crippen molar-refractivity contribution in [3.63, 3.8) is 0 Å². The van der Waals surface area contributed by atoms with Gasteiger partial charge < -0.3 is 5.32 Å². The van der Waals surface area contributed by atoms with Gasteiger partial charge in [0.2, 0.25) is 10.0 Å². The lowest BCUT2D eigenvalue weighted by Gasteiger charge is -2.21. The number of aromatic nitrogens is 4. The molecule has 246 valence electrons. The number of benzene rings is 3. The number of nitrogens with zero attached hydrogens (tertiary/aromatic N) is 6. The maximum atomic E-state index is 13.6. The van der Waals surface area contributed by atoms with E-state index < -0.39 is 21.5 Å². The van der Waals surface area contributed by atoms with E-state index in [1.807, 2.05) is 68.4 Å². The Bertz CT molecular complexity index is 2170. The Balaban J connectivity index is 1.57. The van der Waals surface area contributed by atoms with Crippen molar-refractivity contribution in [1.82, 2.24) is 23.4 Å². The fourth-order valence-corrected chi connectivity index (χ4v) is 7.10. The molecule has 1 amide bonds. The number of nitrogens with one attached hydrogen (secondary N) is 1. The fourth-order valence-electron chi connectivity index (χ4n) is 5.43. The normalized spacial score (nSPS) is 11.9. The van der Waals surface area contributed by atoms with Gasteiger partial charge in [0.05, 0.1) is 22.0 Å². The Morgan fingerprint density at radius 1 is 0.958 bits per heavy atom. The predicted molar refractivity (Wildman–Crippen MR) is 186 cm³/mol. The van der Waals surface area contributed by atoms with E-state index in [0.717, 1.165) is 5.69 Å². The summed E-state index contributed by atoms with van der Waals surface area (Å²) in [6.45, 7) is 6.37. The molecule has 48 heavy (non-hydrogen) atoms. The Labute approximate surface area is 280 Å². The first-order valence-electron chi connectivity index (χ1n) is 15.6. The van der Waals surface area contributed by atoms with Crippen molar-refractivity contribution in [2.24, 2.45) is 7.05 Å². The number of nitriles is 1. The van der Waals surface area contributed by atoms with Crippen LogP contribution in [0, 0.1) is 18.3 Å². The Morgan fingerprint density at radius 3 is 2.19 bits per heavy atom. The number of sulfonamides is 1. The topological polar surface area (TPSA) is 135 Å². The number of anilines is 1. The van der Waals surface area contributed by atoms with Gasteiger partial charge in [-0.15, -0.1) is 0 Å². The first-order valence-corrected chi connectivity index (χ1v) is 17.1. The first kappa shape index (κ1) is 33.8. The molecular formula is C36H37N7O4S. The van der Waals surface area contributed by atoms with E-state index in [1.54, 1.807) is 65.9 Å². The third kappa shape index (κ3) is 6.78. The number of rotatable bonds is 12. The second-order valence-electron chi connectivity index (χ2n) is 11.2. The second kappa shape index (κ2) is 14.5. The van der Waals surface area contributed by atoms with Crippen molar-refractivity contribution >= 4 is 27.7 Å². The first-order chi connectivity index (χ1) is 23.1. The van der Waals surface area contributed by atoms with E-state index in [2.05, 4.69) is 5.32 Å². The van der Waals surface area contributed by atoms with Crippen LogP contribution >= 0.6 is 0 Å². The van der Waals surface area contributed by atoms with Gasteiger partial charge in [-0.2, -0.15) is 14.7 Å². The standard InChI is InChI=1S/C36H37N7O4S/c1-5-20-41(21-6-2)48(46,47)32-19-13-14-27(23-32)34-29(25-42(39-34)30-15-9-7-10-16-30)22-28(24-37)35(44)38-33-26(3)40(4)43(36(33)45)31-17-11-8-12-18-31/h7-19,22-23,25H,5-6,20-21H2,1-4H3,(H,38,44). The third-order valence-corrected chi connectivity index (χ3v) is 9.81. The molecule has 0 bridgehead atoms. The molecule has 1 N–H and O–H groups in total. The van der Waals surface area contributed by atoms with Gasteiger partial charge >= 0.3 is 0 Å². The van der Waals surface area contributed by atoms with Gasteiger partial charge in [-0.05, 0) is 62.2 Å². The van der Waals surface area contributed by atoms with Crippen molar-refractivity contribution in [3.8, 4) is 28.7 Å². The zero-order chi connectivity index (χ0) is 34.4. The molecule has 0 radical (unpaired) electrons. The molecule has 0 atom stereocenters. The summed E-state index contributed by atoms with van der Waals surface area (Å²) in [4.78, 5) is 27.1. The zero-order valence-electron chi connectivity index (χ0n) is 27.3. The molecule has 0 saturated carbocycles. The highest BCUT2D eigenvalue weighted by molar-refractivity contribution is 7.89. The molecule has 11 nitrogen and oxygen atoms in total. The minimum absolute atomic E-state index is 0.0503. The number of hydrogen-bond donors (Lipinski definition) is 1. The van der Waals surface area contributed by atoms with Crippen LogP contribution in [0.5, 0.6) is 0 Å². The Kier molecular flexibility index (Phi) is 10.2. The van der Waals surface area contributed by atoms with Crippen LogP contribution in [-0.2, 0) is 21.9 Å². The number of amides is 1. The summed E-state index contributed by atoms with van der Waals surface area (Å²) in [5.41, 5.74) is 2.47. The van der Waals surface area contributed by atoms with Crippen LogP contribution in [0.15, 0.2) is 106 Å². The Morgan fingerprint density at radius 2 is 1.58 bits per heavy atom. The van der Waals surface area contributed by atoms with Crippen LogP contribution in [0.25, 0.3) is 28.7 Å². The third-order valence-electron chi connectivity index (χ3n) is 7.91. The molecule has 2 aromatic heterocycles. The number of carbonyl (C=O) groups excluding carboxylic acids is 1. The molecule has 0 fully saturated rings. The van der Waals surface area contributed by atoms with Gasteiger partial charge in [-0.1, -0.05) is 62.4 Å². The molecule has 0 aliphatic heterocycles. The van der Waals surface area contributed by atoms with Crippen LogP contribution in [0.1, 0.15) is 37.9 Å². The molecule has 0 spiro atoms. The fraction of sp³-hybridized carbons (Fsp3) is 0.222. The average molecular weight is 664 g/mol. The zero-order valence-corrected chi connectivity index (χ0v) is 28.1. The largest absolute Gasteiger partial charge is 0.315 e. The van der Waals surface area contributed by atoms with Crippen molar-refractivity contribution in [1.29, 1.82) is 5.26 Å². The van der Waals surface area contributed by atoms with Gasteiger partial charge in [-0.3, -0.25) is 14.3 Å². The molecular weight excluding hydrogens is 627 g/mol. The summed E-state index contributed by atoms with van der Waals surface area (Å²) in [6.07, 6.45) is 4.42. The number of carbonyl (C=O) groups is 1. The molecule has 2 heterocycles. The van der Waals surface area contributed by atoms with Crippen LogP contribution in [0.3, 0.4) is 0 Å². The van der Waals surface area contributed by atoms with Gasteiger partial charge in [-0.25, -0.2) is 17.8 Å². The van der Waals surface area contributed by atoms with Crippen LogP contribution in [0.4, 0.5) is 5.69 Å². The lowest BCUT2D eigenvalue weighted by atomic mass is 10.1. The quantitative estimate of drug-likeness (QED) is 0.135. The smallest absolute Gasteiger partial charge is 0.295 e. The molecule has 5 aromatic rings. The van der Waals surface area contributed by atoms with Gasteiger partial charge in [0, 0.05) is 37.5 Å². The van der Waals surface area contributed by atoms with Crippen LogP contribution in [-0.4, -0.2) is 50.9 Å². The highest BCUT2D eigenvalue weighted by atomic mass is 32.2. The van der Waals surface area contributed by atoms with Crippen LogP contribution < -0.4 is 10.9 Å². The van der Waals surface area contributed by atoms with E-state index in [-0.39, 0.29) is 16.2 Å². The van der Waals surface area contributed by atoms with E-state index in [1.165, 1.54) is 15.1 Å². The molecule has 5 rings (SSSR count). The van der Waals surface area contributed by atoms with Crippen molar-refractivity contribution in [2.75, 3.05) is 18.4 Å². The molecule has 0 aliphatic carbocycles. The molecule has 0 aliphatic rings. The number of para-hydroxylation sites is 2. The molecule has 12 heteroatoms. The van der Waals surface area contributed by atoms with Crippen molar-refractivity contribution < 1.29 is 13.2 Å². The summed E-state index contributed by atoms with van der Waals surface area (Å²) in [5.74, 6) is -0.770. The summed E-state index contributed by atoms with van der Waals surface area (Å²) >= 11 is 0. The Hall–Kier alpha value is -5.51. The van der Waals surface area contributed by atoms with Gasteiger partial charge in [0.1, 0.15) is 23.0 Å². The predicted octanol–water partition coefficient (Wildman–Crippen LogP) is 5.69. The summed E-state index contributed by atoms with van der Waals surface area (Å²) in [5, 5.41) is 17.5. The highest BCUT2D eigenvalue weighted by Gasteiger charge is 2.25. The lowest BCUT2D eigenvalue weighted by Crippen LogP contribution is -2.32. The minimum atomic E-state index is -3.79. The monoisotopic (exact) mass is 663 g/mol. The molecule has 0 unspecified atom stereocenters. The summed E-state index contributed by atoms with van der Waals surface area (Å²) < 4.78 is 33.4. The van der Waals surface area contributed by atoms with Gasteiger partial charge in [0.25, 0.3) is 11.5 Å². The van der Waals surface area contributed by atoms with E-state index in [9.17, 15) is 23.3 Å². The molecule has 0 saturated heterocycles. The van der Waals surface area contributed by atoms with Crippen molar-refractivity contribution in [3.05, 3.63) is 118 Å². The SMILES string of the molecule is CCCN(CCC)S(=O)(=O)c1cccc(-c2nn(-c3ccccc3)cc2C=C(C#N)C(=O)Nc2c(C)n(C)n(-c3ccccc3)c2=O)c1. The lowest BCUT2D eigenvalue weighted by molar-refractivity contribution is -0.112. The maximum absolute atomic E-state index is 13.6. The maximum Gasteiger partial charge on any atom is 0.295 e. The van der Waals surface area contributed by atoms with Crippen LogP contribution in [0.2, 0.25) is 0 Å². The minimum Gasteiger partial charge on any atom is -0.315 e. The average Bonchev–Trinajstić information content (AvgIpc) is 3.62. The summed E-state index contributed by atoms with van der Waals surface area (Å²) in [7, 11) is -2.08. The van der Waals surface area contributed by atoms with E-state index in [0.29, 0.717) is 54.1 Å². The van der Waals surface area contributed by atoms with Crippen molar-refractivity contribution in [2.45, 2.75) is 38.5 Å². The summed E-state index contributed by atoms with van der Waals surface area (Å²) in [6, 6.07) is 26.8. The number of hydrogen-bond acceptors (Lipinski definition) is 6. The highest BCUT2D eigenvalue weighted by Crippen LogP contribution is 2.29. The van der Waals surface area contributed by atoms with Gasteiger partial charge in [0.15, 0.2) is 0 Å². The van der Waals surface area contributed by atoms with E-state index >= 15 is 0 Å². The molecule has 3 aromatic carbocycles. The second-order valence-corrected chi connectivity index (χ2v) is 13.1.